The van der Waals surface area contributed by atoms with Crippen LogP contribution in [0.3, 0.4) is 0 Å². The van der Waals surface area contributed by atoms with E-state index in [-0.39, 0.29) is 0 Å². The highest BCUT2D eigenvalue weighted by Gasteiger charge is 2.08. The van der Waals surface area contributed by atoms with Gasteiger partial charge in [0.25, 0.3) is 0 Å². The van der Waals surface area contributed by atoms with Crippen molar-refractivity contribution in [3.05, 3.63) is 72.1 Å². The summed E-state index contributed by atoms with van der Waals surface area (Å²) in [4.78, 5) is 19.4. The lowest BCUT2D eigenvalue weighted by atomic mass is 10.1. The van der Waals surface area contributed by atoms with Crippen molar-refractivity contribution in [2.75, 3.05) is 24.3 Å². The molecular weight excluding hydrogens is 368 g/mol. The van der Waals surface area contributed by atoms with Crippen molar-refractivity contribution in [2.24, 2.45) is 0 Å². The van der Waals surface area contributed by atoms with Crippen LogP contribution in [-0.4, -0.2) is 39.8 Å². The molecule has 4 rings (SSSR count). The van der Waals surface area contributed by atoms with Gasteiger partial charge in [-0.1, -0.05) is 24.3 Å². The highest BCUT2D eigenvalue weighted by Crippen LogP contribution is 2.19. The van der Waals surface area contributed by atoms with E-state index in [2.05, 4.69) is 42.9 Å². The van der Waals surface area contributed by atoms with Crippen molar-refractivity contribution in [3.63, 3.8) is 0 Å². The van der Waals surface area contributed by atoms with Gasteiger partial charge in [-0.25, -0.2) is 4.79 Å². The van der Waals surface area contributed by atoms with Crippen LogP contribution in [0.15, 0.2) is 60.9 Å². The monoisotopic (exact) mass is 388 g/mol. The van der Waals surface area contributed by atoms with Crippen LogP contribution in [0.2, 0.25) is 0 Å². The summed E-state index contributed by atoms with van der Waals surface area (Å²) in [6.45, 7) is 0.706. The molecule has 8 heteroatoms. The van der Waals surface area contributed by atoms with Gasteiger partial charge in [0.05, 0.1) is 18.9 Å². The Balaban J connectivity index is 1.39. The number of methoxy groups -OCH3 is 1. The van der Waals surface area contributed by atoms with Gasteiger partial charge in [0.1, 0.15) is 0 Å². The maximum absolute atomic E-state index is 11.7. The molecule has 0 fully saturated rings. The minimum Gasteiger partial charge on any atom is -0.465 e. The first-order valence-corrected chi connectivity index (χ1v) is 9.17. The number of benzene rings is 2. The number of rotatable bonds is 7. The number of ether oxygens (including phenoxy) is 1. The molecule has 0 aliphatic rings. The topological polar surface area (TPSA) is 105 Å². The number of carbonyl (C=O) groups is 1. The van der Waals surface area contributed by atoms with E-state index in [0.29, 0.717) is 29.6 Å². The van der Waals surface area contributed by atoms with E-state index in [1.54, 1.807) is 24.4 Å². The molecule has 0 saturated heterocycles. The molecule has 0 aliphatic carbocycles. The number of nitrogens with zero attached hydrogens (tertiary/aromatic N) is 3. The minimum atomic E-state index is -0.402. The first-order chi connectivity index (χ1) is 14.2. The van der Waals surface area contributed by atoms with Crippen LogP contribution in [0.1, 0.15) is 15.9 Å². The minimum absolute atomic E-state index is 0.337. The van der Waals surface area contributed by atoms with E-state index in [9.17, 15) is 4.79 Å². The number of para-hydroxylation sites is 1. The smallest absolute Gasteiger partial charge is 0.337 e. The SMILES string of the molecule is COC(=O)c1cccc(Nc2nncc(NCCc3c[nH]c4ccccc34)n2)c1. The Kier molecular flexibility index (Phi) is 5.33. The molecule has 29 heavy (non-hydrogen) atoms. The lowest BCUT2D eigenvalue weighted by Crippen LogP contribution is -2.09. The van der Waals surface area contributed by atoms with E-state index in [0.717, 1.165) is 11.9 Å². The number of hydrogen-bond acceptors (Lipinski definition) is 7. The van der Waals surface area contributed by atoms with Gasteiger partial charge in [0.15, 0.2) is 5.82 Å². The molecule has 146 valence electrons. The number of nitrogens with one attached hydrogen (secondary N) is 3. The molecule has 8 nitrogen and oxygen atoms in total. The van der Waals surface area contributed by atoms with Crippen molar-refractivity contribution in [1.82, 2.24) is 20.2 Å². The molecule has 0 spiro atoms. The van der Waals surface area contributed by atoms with E-state index in [1.807, 2.05) is 24.4 Å². The van der Waals surface area contributed by atoms with Gasteiger partial charge < -0.3 is 20.4 Å². The van der Waals surface area contributed by atoms with Crippen LogP contribution in [0, 0.1) is 0 Å². The van der Waals surface area contributed by atoms with Crippen molar-refractivity contribution < 1.29 is 9.53 Å². The van der Waals surface area contributed by atoms with Crippen LogP contribution in [-0.2, 0) is 11.2 Å². The molecule has 0 bridgehead atoms. The van der Waals surface area contributed by atoms with Gasteiger partial charge in [0.2, 0.25) is 5.95 Å². The average molecular weight is 388 g/mol. The summed E-state index contributed by atoms with van der Waals surface area (Å²) < 4.78 is 4.74. The standard InChI is InChI=1S/C21H20N6O2/c1-29-20(28)14-5-4-6-16(11-14)25-21-26-19(13-24-27-21)22-10-9-15-12-23-18-8-3-2-7-17(15)18/h2-8,11-13,23H,9-10H2,1H3,(H2,22,25,26,27). The van der Waals surface area contributed by atoms with Crippen LogP contribution in [0.25, 0.3) is 10.9 Å². The maximum Gasteiger partial charge on any atom is 0.337 e. The van der Waals surface area contributed by atoms with Gasteiger partial charge in [-0.15, -0.1) is 5.10 Å². The number of carbonyl (C=O) groups excluding carboxylic acids is 1. The normalized spacial score (nSPS) is 10.7. The number of aromatic amines is 1. The second-order valence-corrected chi connectivity index (χ2v) is 6.40. The molecular formula is C21H20N6O2. The fourth-order valence-corrected chi connectivity index (χ4v) is 3.08. The van der Waals surface area contributed by atoms with Gasteiger partial charge in [-0.2, -0.15) is 10.1 Å². The van der Waals surface area contributed by atoms with E-state index >= 15 is 0 Å². The molecule has 3 N–H and O–H groups in total. The molecule has 2 heterocycles. The highest BCUT2D eigenvalue weighted by atomic mass is 16.5. The molecule has 0 unspecified atom stereocenters. The van der Waals surface area contributed by atoms with Gasteiger partial charge in [-0.05, 0) is 36.2 Å². The van der Waals surface area contributed by atoms with E-state index in [1.165, 1.54) is 18.1 Å². The van der Waals surface area contributed by atoms with E-state index < -0.39 is 5.97 Å². The number of esters is 1. The van der Waals surface area contributed by atoms with Gasteiger partial charge in [-0.3, -0.25) is 0 Å². The third kappa shape index (κ3) is 4.32. The Bertz CT molecular complexity index is 1140. The second kappa shape index (κ2) is 8.39. The quantitative estimate of drug-likeness (QED) is 0.416. The number of H-pyrrole nitrogens is 1. The summed E-state index contributed by atoms with van der Waals surface area (Å²) >= 11 is 0. The predicted octanol–water partition coefficient (Wildman–Crippen LogP) is 3.54. The number of anilines is 3. The molecule has 2 aromatic carbocycles. The zero-order chi connectivity index (χ0) is 20.1. The Morgan fingerprint density at radius 3 is 2.97 bits per heavy atom. The molecule has 0 radical (unpaired) electrons. The van der Waals surface area contributed by atoms with Gasteiger partial charge in [0, 0.05) is 29.3 Å². The number of aromatic nitrogens is 4. The average Bonchev–Trinajstić information content (AvgIpc) is 3.17. The number of fused-ring (bicyclic) bond motifs is 1. The molecule has 0 saturated carbocycles. The summed E-state index contributed by atoms with van der Waals surface area (Å²) in [5.41, 5.74) is 3.49. The Morgan fingerprint density at radius 1 is 1.17 bits per heavy atom. The van der Waals surface area contributed by atoms with E-state index in [4.69, 9.17) is 4.74 Å². The van der Waals surface area contributed by atoms with Crippen LogP contribution < -0.4 is 10.6 Å². The largest absolute Gasteiger partial charge is 0.465 e. The Labute approximate surface area is 167 Å². The van der Waals surface area contributed by atoms with Crippen molar-refractivity contribution in [2.45, 2.75) is 6.42 Å². The third-order valence-corrected chi connectivity index (χ3v) is 4.47. The lowest BCUT2D eigenvalue weighted by molar-refractivity contribution is 0.0601. The number of hydrogen-bond donors (Lipinski definition) is 3. The predicted molar refractivity (Wildman–Crippen MR) is 111 cm³/mol. The lowest BCUT2D eigenvalue weighted by Gasteiger charge is -2.08. The maximum atomic E-state index is 11.7. The first-order valence-electron chi connectivity index (χ1n) is 9.17. The summed E-state index contributed by atoms with van der Waals surface area (Å²) in [6.07, 6.45) is 4.45. The first kappa shape index (κ1) is 18.4. The Hall–Kier alpha value is -3.94. The summed E-state index contributed by atoms with van der Waals surface area (Å²) in [7, 11) is 1.35. The van der Waals surface area contributed by atoms with Crippen molar-refractivity contribution >= 4 is 34.3 Å². The second-order valence-electron chi connectivity index (χ2n) is 6.40. The highest BCUT2D eigenvalue weighted by molar-refractivity contribution is 5.90. The molecule has 0 aliphatic heterocycles. The third-order valence-electron chi connectivity index (χ3n) is 4.47. The fourth-order valence-electron chi connectivity index (χ4n) is 3.08. The van der Waals surface area contributed by atoms with Crippen LogP contribution in [0.5, 0.6) is 0 Å². The summed E-state index contributed by atoms with van der Waals surface area (Å²) in [6, 6.07) is 15.1. The summed E-state index contributed by atoms with van der Waals surface area (Å²) in [5.74, 6) is 0.552. The molecule has 0 atom stereocenters. The van der Waals surface area contributed by atoms with Crippen LogP contribution in [0.4, 0.5) is 17.5 Å². The molecule has 2 aromatic heterocycles. The summed E-state index contributed by atoms with van der Waals surface area (Å²) in [5, 5.41) is 15.5. The van der Waals surface area contributed by atoms with Crippen molar-refractivity contribution in [3.8, 4) is 0 Å². The zero-order valence-corrected chi connectivity index (χ0v) is 15.8. The fraction of sp³-hybridized carbons (Fsp3) is 0.143. The zero-order valence-electron chi connectivity index (χ0n) is 15.8. The van der Waals surface area contributed by atoms with Crippen molar-refractivity contribution in [1.29, 1.82) is 0 Å². The Morgan fingerprint density at radius 2 is 2.07 bits per heavy atom. The molecule has 4 aromatic rings. The molecule has 0 amide bonds. The van der Waals surface area contributed by atoms with Gasteiger partial charge >= 0.3 is 5.97 Å². The van der Waals surface area contributed by atoms with Crippen LogP contribution >= 0.6 is 0 Å².